The van der Waals surface area contributed by atoms with E-state index >= 15 is 0 Å². The Hall–Kier alpha value is -3.00. The molecule has 4 amide bonds. The average molecular weight is 399 g/mol. The van der Waals surface area contributed by atoms with E-state index in [1.165, 1.54) is 4.90 Å². The molecule has 146 valence electrons. The summed E-state index contributed by atoms with van der Waals surface area (Å²) in [6.45, 7) is 0.710. The normalized spacial score (nSPS) is 15.8. The summed E-state index contributed by atoms with van der Waals surface area (Å²) in [4.78, 5) is 36.5. The summed E-state index contributed by atoms with van der Waals surface area (Å²) in [6.07, 6.45) is 0.490. The van der Waals surface area contributed by atoms with Gasteiger partial charge in [0.25, 0.3) is 5.24 Å². The number of urea groups is 1. The van der Waals surface area contributed by atoms with Gasteiger partial charge in [0, 0.05) is 12.7 Å². The molecule has 2 aromatic carbocycles. The van der Waals surface area contributed by atoms with E-state index in [1.54, 1.807) is 7.05 Å². The molecule has 1 saturated heterocycles. The number of carbonyl (C=O) groups excluding carboxylic acids is 3. The maximum absolute atomic E-state index is 12.1. The summed E-state index contributed by atoms with van der Waals surface area (Å²) in [6, 6.07) is 16.5. The number of rotatable bonds is 7. The number of thioether (sulfide) groups is 1. The molecule has 0 radical (unpaired) electrons. The summed E-state index contributed by atoms with van der Waals surface area (Å²) >= 11 is 1.02. The molecular weight excluding hydrogens is 378 g/mol. The van der Waals surface area contributed by atoms with Gasteiger partial charge in [0.15, 0.2) is 0 Å². The van der Waals surface area contributed by atoms with Crippen LogP contribution in [-0.2, 0) is 11.2 Å². The number of anilines is 1. The Bertz CT molecular complexity index is 842. The highest BCUT2D eigenvalue weighted by Gasteiger charge is 2.31. The first-order valence-electron chi connectivity index (χ1n) is 8.83. The fraction of sp³-hybridized carbons (Fsp3) is 0.250. The molecule has 2 aromatic rings. The number of hydrogen-bond donors (Lipinski definition) is 2. The third-order valence-electron chi connectivity index (χ3n) is 4.21. The monoisotopic (exact) mass is 399 g/mol. The first kappa shape index (κ1) is 19.8. The van der Waals surface area contributed by atoms with E-state index < -0.39 is 0 Å². The summed E-state index contributed by atoms with van der Waals surface area (Å²) in [5.41, 5.74) is 1.76. The van der Waals surface area contributed by atoms with Gasteiger partial charge in [-0.3, -0.25) is 19.8 Å². The lowest BCUT2D eigenvalue weighted by Gasteiger charge is -2.18. The molecule has 0 aliphatic carbocycles. The molecule has 1 atom stereocenters. The second-order valence-corrected chi connectivity index (χ2v) is 7.38. The molecule has 1 aliphatic rings. The van der Waals surface area contributed by atoms with E-state index in [2.05, 4.69) is 10.6 Å². The van der Waals surface area contributed by atoms with Crippen LogP contribution in [0.2, 0.25) is 0 Å². The fourth-order valence-electron chi connectivity index (χ4n) is 2.68. The van der Waals surface area contributed by atoms with E-state index in [4.69, 9.17) is 4.74 Å². The number of para-hydroxylation sites is 1. The lowest BCUT2D eigenvalue weighted by Crippen LogP contribution is -2.39. The van der Waals surface area contributed by atoms with E-state index in [0.717, 1.165) is 23.0 Å². The summed E-state index contributed by atoms with van der Waals surface area (Å²) < 4.78 is 5.63. The molecule has 3 rings (SSSR count). The topological polar surface area (TPSA) is 87.7 Å². The van der Waals surface area contributed by atoms with Crippen molar-refractivity contribution in [2.24, 2.45) is 0 Å². The third kappa shape index (κ3) is 5.26. The zero-order chi connectivity index (χ0) is 19.9. The quantitative estimate of drug-likeness (QED) is 0.699. The minimum absolute atomic E-state index is 0.202. The van der Waals surface area contributed by atoms with Crippen LogP contribution in [0.1, 0.15) is 5.56 Å². The number of imide groups is 1. The molecule has 1 aliphatic heterocycles. The smallest absolute Gasteiger partial charge is 0.321 e. The van der Waals surface area contributed by atoms with Crippen molar-refractivity contribution in [3.63, 3.8) is 0 Å². The van der Waals surface area contributed by atoms with E-state index in [-0.39, 0.29) is 22.4 Å². The van der Waals surface area contributed by atoms with Crippen LogP contribution in [0.25, 0.3) is 0 Å². The number of hydrogen-bond acceptors (Lipinski definition) is 5. The van der Waals surface area contributed by atoms with E-state index in [1.807, 2.05) is 54.6 Å². The average Bonchev–Trinajstić information content (AvgIpc) is 3.03. The molecule has 0 aromatic heterocycles. The van der Waals surface area contributed by atoms with Gasteiger partial charge in [0.1, 0.15) is 12.4 Å². The van der Waals surface area contributed by atoms with Crippen molar-refractivity contribution in [1.82, 2.24) is 10.6 Å². The highest BCUT2D eigenvalue weighted by atomic mass is 32.2. The van der Waals surface area contributed by atoms with Crippen LogP contribution in [0, 0.1) is 0 Å². The van der Waals surface area contributed by atoms with Gasteiger partial charge in [-0.05, 0) is 36.2 Å². The standard InChI is InChI=1S/C20H21N3O4S/c1-23(15-5-3-2-4-6-15)19(25)21-11-12-27-16-9-7-14(8-10-16)13-17-18(24)22-20(26)28-17/h2-10,17H,11-13H2,1H3,(H,21,25)(H,22,24,26). The lowest BCUT2D eigenvalue weighted by atomic mass is 10.1. The summed E-state index contributed by atoms with van der Waals surface area (Å²) in [5.74, 6) is 0.431. The van der Waals surface area contributed by atoms with Crippen molar-refractivity contribution >= 4 is 34.6 Å². The summed E-state index contributed by atoms with van der Waals surface area (Å²) in [7, 11) is 1.71. The SMILES string of the molecule is CN(C(=O)NCCOc1ccc(CC2SC(=O)NC2=O)cc1)c1ccccc1. The van der Waals surface area contributed by atoms with E-state index in [0.29, 0.717) is 25.3 Å². The minimum Gasteiger partial charge on any atom is -0.492 e. The van der Waals surface area contributed by atoms with Gasteiger partial charge in [-0.2, -0.15) is 0 Å². The number of carbonyl (C=O) groups is 3. The Balaban J connectivity index is 1.40. The van der Waals surface area contributed by atoms with Crippen LogP contribution >= 0.6 is 11.8 Å². The highest BCUT2D eigenvalue weighted by Crippen LogP contribution is 2.23. The Morgan fingerprint density at radius 2 is 1.86 bits per heavy atom. The van der Waals surface area contributed by atoms with Gasteiger partial charge >= 0.3 is 6.03 Å². The van der Waals surface area contributed by atoms with Crippen molar-refractivity contribution in [1.29, 1.82) is 0 Å². The Kier molecular flexibility index (Phi) is 6.54. The van der Waals surface area contributed by atoms with Crippen molar-refractivity contribution in [3.8, 4) is 5.75 Å². The molecule has 28 heavy (non-hydrogen) atoms. The molecule has 8 heteroatoms. The maximum Gasteiger partial charge on any atom is 0.321 e. The first-order chi connectivity index (χ1) is 13.5. The maximum atomic E-state index is 12.1. The Morgan fingerprint density at radius 1 is 1.14 bits per heavy atom. The molecular formula is C20H21N3O4S. The van der Waals surface area contributed by atoms with Gasteiger partial charge in [-0.15, -0.1) is 0 Å². The number of nitrogens with zero attached hydrogens (tertiary/aromatic N) is 1. The summed E-state index contributed by atoms with van der Waals surface area (Å²) in [5, 5.41) is 4.41. The molecule has 0 saturated carbocycles. The Morgan fingerprint density at radius 3 is 2.50 bits per heavy atom. The van der Waals surface area contributed by atoms with Crippen LogP contribution in [-0.4, -0.2) is 42.6 Å². The lowest BCUT2D eigenvalue weighted by molar-refractivity contribution is -0.118. The molecule has 1 fully saturated rings. The highest BCUT2D eigenvalue weighted by molar-refractivity contribution is 8.15. The molecule has 0 bridgehead atoms. The van der Waals surface area contributed by atoms with Gasteiger partial charge < -0.3 is 10.1 Å². The molecule has 1 unspecified atom stereocenters. The third-order valence-corrected chi connectivity index (χ3v) is 5.19. The number of nitrogens with one attached hydrogen (secondary N) is 2. The van der Waals surface area contributed by atoms with Crippen LogP contribution < -0.4 is 20.3 Å². The van der Waals surface area contributed by atoms with Gasteiger partial charge in [0.05, 0.1) is 11.8 Å². The Labute approximate surface area is 167 Å². The number of ether oxygens (including phenoxy) is 1. The minimum atomic E-state index is -0.379. The van der Waals surface area contributed by atoms with Crippen LogP contribution in [0.5, 0.6) is 5.75 Å². The van der Waals surface area contributed by atoms with Crippen LogP contribution in [0.15, 0.2) is 54.6 Å². The predicted octanol–water partition coefficient (Wildman–Crippen LogP) is 2.81. The molecule has 2 N–H and O–H groups in total. The van der Waals surface area contributed by atoms with Crippen LogP contribution in [0.3, 0.4) is 0 Å². The molecule has 7 nitrogen and oxygen atoms in total. The van der Waals surface area contributed by atoms with Gasteiger partial charge in [-0.25, -0.2) is 4.79 Å². The zero-order valence-corrected chi connectivity index (χ0v) is 16.2. The molecule has 0 spiro atoms. The predicted molar refractivity (Wildman–Crippen MR) is 109 cm³/mol. The molecule has 1 heterocycles. The van der Waals surface area contributed by atoms with Crippen LogP contribution in [0.4, 0.5) is 15.3 Å². The van der Waals surface area contributed by atoms with Crippen molar-refractivity contribution < 1.29 is 19.1 Å². The van der Waals surface area contributed by atoms with Gasteiger partial charge in [-0.1, -0.05) is 42.1 Å². The van der Waals surface area contributed by atoms with Gasteiger partial charge in [0.2, 0.25) is 5.91 Å². The van der Waals surface area contributed by atoms with E-state index in [9.17, 15) is 14.4 Å². The first-order valence-corrected chi connectivity index (χ1v) is 9.71. The zero-order valence-electron chi connectivity index (χ0n) is 15.4. The second kappa shape index (κ2) is 9.27. The number of benzene rings is 2. The fourth-order valence-corrected chi connectivity index (χ4v) is 3.54. The largest absolute Gasteiger partial charge is 0.492 e. The van der Waals surface area contributed by atoms with Crippen molar-refractivity contribution in [2.75, 3.05) is 25.1 Å². The second-order valence-electron chi connectivity index (χ2n) is 6.21. The van der Waals surface area contributed by atoms with Crippen molar-refractivity contribution in [2.45, 2.75) is 11.7 Å². The number of amides is 4. The van der Waals surface area contributed by atoms with Crippen molar-refractivity contribution in [3.05, 3.63) is 60.2 Å².